The highest BCUT2D eigenvalue weighted by atomic mass is 16.7. The van der Waals surface area contributed by atoms with Gasteiger partial charge in [-0.3, -0.25) is 0 Å². The van der Waals surface area contributed by atoms with Gasteiger partial charge in [-0.15, -0.1) is 5.73 Å². The minimum atomic E-state index is -0.125. The van der Waals surface area contributed by atoms with E-state index in [1.54, 1.807) is 0 Å². The van der Waals surface area contributed by atoms with Crippen LogP contribution in [-0.4, -0.2) is 19.5 Å². The maximum atomic E-state index is 6.39. The highest BCUT2D eigenvalue weighted by Crippen LogP contribution is 2.38. The second kappa shape index (κ2) is 9.70. The summed E-state index contributed by atoms with van der Waals surface area (Å²) in [6.45, 7) is 1.27. The highest BCUT2D eigenvalue weighted by Gasteiger charge is 2.22. The van der Waals surface area contributed by atoms with Gasteiger partial charge in [-0.05, 0) is 56.6 Å². The summed E-state index contributed by atoms with van der Waals surface area (Å²) < 4.78 is 18.5. The Morgan fingerprint density at radius 1 is 0.903 bits per heavy atom. The number of para-hydroxylation sites is 1. The van der Waals surface area contributed by atoms with E-state index >= 15 is 0 Å². The second-order valence-electron chi connectivity index (χ2n) is 8.54. The largest absolute Gasteiger partial charge is 0.455 e. The summed E-state index contributed by atoms with van der Waals surface area (Å²) in [5, 5.41) is 1.12. The molecule has 3 heteroatoms. The van der Waals surface area contributed by atoms with Crippen molar-refractivity contribution < 1.29 is 13.9 Å². The molecular formula is C28H30O3. The van der Waals surface area contributed by atoms with Crippen molar-refractivity contribution in [2.75, 3.05) is 13.2 Å². The van der Waals surface area contributed by atoms with Crippen LogP contribution in [0.2, 0.25) is 0 Å². The first kappa shape index (κ1) is 20.3. The topological polar surface area (TPSA) is 31.6 Å². The van der Waals surface area contributed by atoms with E-state index in [-0.39, 0.29) is 6.29 Å². The zero-order chi connectivity index (χ0) is 20.9. The first-order valence-corrected chi connectivity index (χ1v) is 11.7. The minimum Gasteiger partial charge on any atom is -0.455 e. The molecule has 2 heterocycles. The van der Waals surface area contributed by atoms with E-state index in [1.165, 1.54) is 24.8 Å². The molecule has 2 fully saturated rings. The van der Waals surface area contributed by atoms with Gasteiger partial charge in [0.15, 0.2) is 6.29 Å². The monoisotopic (exact) mass is 414 g/mol. The molecule has 1 unspecified atom stereocenters. The molecule has 0 bridgehead atoms. The lowest BCUT2D eigenvalue weighted by Crippen LogP contribution is -2.23. The summed E-state index contributed by atoms with van der Waals surface area (Å²) in [4.78, 5) is 0. The van der Waals surface area contributed by atoms with Crippen LogP contribution in [0, 0.1) is 0 Å². The third kappa shape index (κ3) is 4.70. The molecule has 2 aliphatic rings. The molecule has 1 aliphatic heterocycles. The van der Waals surface area contributed by atoms with E-state index in [0.29, 0.717) is 6.61 Å². The van der Waals surface area contributed by atoms with E-state index < -0.39 is 0 Å². The van der Waals surface area contributed by atoms with Gasteiger partial charge in [0.2, 0.25) is 0 Å². The molecule has 0 N–H and O–H groups in total. The average Bonchev–Trinajstić information content (AvgIpc) is 3.23. The lowest BCUT2D eigenvalue weighted by molar-refractivity contribution is -0.154. The van der Waals surface area contributed by atoms with Crippen molar-refractivity contribution in [2.45, 2.75) is 57.7 Å². The summed E-state index contributed by atoms with van der Waals surface area (Å²) in [5.41, 5.74) is 9.36. The number of hydrogen-bond donors (Lipinski definition) is 0. The standard InChI is InChI=1S/C28H30O3/c1-3-11-21(12-4-1)19-23(20-30-26-17-9-10-18-29-26)27-24-15-7-8-16-25(24)31-28(27)22-13-5-2-6-14-22/h2,5-8,13-16,26H,1,3-4,9-12,17-18,20H2. The number of furan rings is 1. The summed E-state index contributed by atoms with van der Waals surface area (Å²) in [6.07, 6.45) is 9.18. The van der Waals surface area contributed by atoms with Gasteiger partial charge < -0.3 is 13.9 Å². The predicted molar refractivity (Wildman–Crippen MR) is 125 cm³/mol. The normalized spacial score (nSPS) is 19.4. The fourth-order valence-electron chi connectivity index (χ4n) is 4.64. The molecule has 1 saturated heterocycles. The first-order valence-electron chi connectivity index (χ1n) is 11.7. The SMILES string of the molecule is C(=C1CCCCC1)=C(COC1CCCCO1)c1c(-c2ccccc2)oc2ccccc12. The smallest absolute Gasteiger partial charge is 0.158 e. The van der Waals surface area contributed by atoms with Gasteiger partial charge in [0.1, 0.15) is 11.3 Å². The van der Waals surface area contributed by atoms with Crippen LogP contribution in [0.1, 0.15) is 56.9 Å². The summed E-state index contributed by atoms with van der Waals surface area (Å²) in [6, 6.07) is 18.7. The molecule has 3 nitrogen and oxygen atoms in total. The third-order valence-electron chi connectivity index (χ3n) is 6.27. The minimum absolute atomic E-state index is 0.125. The third-order valence-corrected chi connectivity index (χ3v) is 6.27. The van der Waals surface area contributed by atoms with E-state index in [0.717, 1.165) is 72.1 Å². The Morgan fingerprint density at radius 2 is 1.71 bits per heavy atom. The molecule has 1 aliphatic carbocycles. The summed E-state index contributed by atoms with van der Waals surface area (Å²) in [5.74, 6) is 0.897. The Kier molecular flexibility index (Phi) is 6.36. The molecule has 0 amide bonds. The second-order valence-corrected chi connectivity index (χ2v) is 8.54. The van der Waals surface area contributed by atoms with Gasteiger partial charge >= 0.3 is 0 Å². The Hall–Kier alpha value is -2.58. The quantitative estimate of drug-likeness (QED) is 0.405. The van der Waals surface area contributed by atoms with Gasteiger partial charge in [-0.1, -0.05) is 55.0 Å². The molecular weight excluding hydrogens is 384 g/mol. The molecule has 1 saturated carbocycles. The van der Waals surface area contributed by atoms with Gasteiger partial charge in [0, 0.05) is 28.7 Å². The van der Waals surface area contributed by atoms with E-state index in [9.17, 15) is 0 Å². The number of fused-ring (bicyclic) bond motifs is 1. The average molecular weight is 415 g/mol. The van der Waals surface area contributed by atoms with Crippen LogP contribution in [0.15, 0.2) is 70.3 Å². The van der Waals surface area contributed by atoms with E-state index in [2.05, 4.69) is 42.1 Å². The summed E-state index contributed by atoms with van der Waals surface area (Å²) in [7, 11) is 0. The van der Waals surface area contributed by atoms with Crippen molar-refractivity contribution in [3.8, 4) is 11.3 Å². The van der Waals surface area contributed by atoms with Crippen molar-refractivity contribution in [3.05, 3.63) is 71.5 Å². The molecule has 3 aromatic rings. The van der Waals surface area contributed by atoms with Gasteiger partial charge in [0.25, 0.3) is 0 Å². The fraction of sp³-hybridized carbons (Fsp3) is 0.393. The predicted octanol–water partition coefficient (Wildman–Crippen LogP) is 7.52. The van der Waals surface area contributed by atoms with E-state index in [4.69, 9.17) is 13.9 Å². The highest BCUT2D eigenvalue weighted by molar-refractivity contribution is 5.98. The Bertz CT molecular complexity index is 1070. The van der Waals surface area contributed by atoms with Crippen molar-refractivity contribution >= 4 is 16.5 Å². The molecule has 0 radical (unpaired) electrons. The molecule has 0 spiro atoms. The number of hydrogen-bond acceptors (Lipinski definition) is 3. The first-order chi connectivity index (χ1) is 15.4. The maximum absolute atomic E-state index is 6.39. The van der Waals surface area contributed by atoms with Gasteiger partial charge in [-0.25, -0.2) is 0 Å². The van der Waals surface area contributed by atoms with Crippen molar-refractivity contribution in [1.82, 2.24) is 0 Å². The van der Waals surface area contributed by atoms with Crippen molar-refractivity contribution in [2.24, 2.45) is 0 Å². The molecule has 1 atom stereocenters. The number of benzene rings is 2. The van der Waals surface area contributed by atoms with Crippen LogP contribution in [-0.2, 0) is 9.47 Å². The number of rotatable bonds is 5. The summed E-state index contributed by atoms with van der Waals surface area (Å²) >= 11 is 0. The Labute approximate surface area is 184 Å². The van der Waals surface area contributed by atoms with Crippen LogP contribution in [0.3, 0.4) is 0 Å². The van der Waals surface area contributed by atoms with Crippen molar-refractivity contribution in [1.29, 1.82) is 0 Å². The van der Waals surface area contributed by atoms with Crippen LogP contribution < -0.4 is 0 Å². The van der Waals surface area contributed by atoms with Crippen LogP contribution in [0.4, 0.5) is 0 Å². The Morgan fingerprint density at radius 3 is 2.52 bits per heavy atom. The van der Waals surface area contributed by atoms with Crippen molar-refractivity contribution in [3.63, 3.8) is 0 Å². The molecule has 1 aromatic heterocycles. The van der Waals surface area contributed by atoms with Gasteiger partial charge in [0.05, 0.1) is 6.61 Å². The van der Waals surface area contributed by atoms with Crippen LogP contribution >= 0.6 is 0 Å². The molecule has 31 heavy (non-hydrogen) atoms. The van der Waals surface area contributed by atoms with Gasteiger partial charge in [-0.2, -0.15) is 0 Å². The van der Waals surface area contributed by atoms with E-state index in [1.807, 2.05) is 18.2 Å². The molecule has 160 valence electrons. The maximum Gasteiger partial charge on any atom is 0.158 e. The lowest BCUT2D eigenvalue weighted by Gasteiger charge is -2.23. The zero-order valence-corrected chi connectivity index (χ0v) is 18.1. The molecule has 2 aromatic carbocycles. The fourth-order valence-corrected chi connectivity index (χ4v) is 4.64. The number of ether oxygens (including phenoxy) is 2. The lowest BCUT2D eigenvalue weighted by atomic mass is 9.93. The zero-order valence-electron chi connectivity index (χ0n) is 18.1. The molecule has 5 rings (SSSR count). The van der Waals surface area contributed by atoms with Crippen LogP contribution in [0.5, 0.6) is 0 Å². The van der Waals surface area contributed by atoms with Crippen LogP contribution in [0.25, 0.3) is 27.9 Å². The Balaban J connectivity index is 1.62.